The number of hydrogen-bond acceptors (Lipinski definition) is 6. The van der Waals surface area contributed by atoms with Crippen LogP contribution >= 0.6 is 11.3 Å². The van der Waals surface area contributed by atoms with Gasteiger partial charge in [0.05, 0.1) is 22.2 Å². The molecule has 110 valence electrons. The molecule has 2 aromatic rings. The number of hydrogen-bond donors (Lipinski definition) is 2. The predicted molar refractivity (Wildman–Crippen MR) is 78.4 cm³/mol. The minimum Gasteiger partial charge on any atom is -0.480 e. The first kappa shape index (κ1) is 15.1. The number of carboxylic acids is 1. The fraction of sp³-hybridized carbons (Fsp3) is 0.231. The number of non-ortho nitro benzene ring substituents is 1. The van der Waals surface area contributed by atoms with E-state index in [-0.39, 0.29) is 12.2 Å². The average molecular weight is 307 g/mol. The van der Waals surface area contributed by atoms with Gasteiger partial charge in [-0.05, 0) is 0 Å². The zero-order valence-electron chi connectivity index (χ0n) is 11.0. The Morgan fingerprint density at radius 1 is 1.48 bits per heavy atom. The Morgan fingerprint density at radius 3 is 3.00 bits per heavy atom. The van der Waals surface area contributed by atoms with Crippen LogP contribution in [0.25, 0.3) is 11.3 Å². The van der Waals surface area contributed by atoms with Crippen molar-refractivity contribution >= 4 is 23.0 Å². The molecular formula is C13H13N3O4S. The summed E-state index contributed by atoms with van der Waals surface area (Å²) in [7, 11) is 0. The van der Waals surface area contributed by atoms with Crippen LogP contribution in [0.5, 0.6) is 0 Å². The van der Waals surface area contributed by atoms with Crippen LogP contribution in [0.3, 0.4) is 0 Å². The molecule has 2 rings (SSSR count). The predicted octanol–water partition coefficient (Wildman–Crippen LogP) is 1.93. The number of aliphatic carboxylic acids is 1. The maximum Gasteiger partial charge on any atom is 0.317 e. The topological polar surface area (TPSA) is 105 Å². The van der Waals surface area contributed by atoms with Crippen molar-refractivity contribution in [2.45, 2.75) is 6.42 Å². The number of carboxylic acid groups (broad SMARTS) is 1. The van der Waals surface area contributed by atoms with E-state index in [1.807, 2.05) is 5.38 Å². The molecule has 0 spiro atoms. The standard InChI is InChI=1S/C13H13N3O4S/c17-13(18)7-14-5-4-12-15-11(8-21-12)9-2-1-3-10(6-9)16(19)20/h1-3,6,8,14H,4-5,7H2,(H,17,18). The molecule has 0 fully saturated rings. The summed E-state index contributed by atoms with van der Waals surface area (Å²) in [5.41, 5.74) is 1.42. The van der Waals surface area contributed by atoms with Crippen LogP contribution in [0.4, 0.5) is 5.69 Å². The van der Waals surface area contributed by atoms with Gasteiger partial charge < -0.3 is 10.4 Å². The van der Waals surface area contributed by atoms with Crippen LogP contribution < -0.4 is 5.32 Å². The third-order valence-electron chi connectivity index (χ3n) is 2.70. The lowest BCUT2D eigenvalue weighted by molar-refractivity contribution is -0.384. The largest absolute Gasteiger partial charge is 0.480 e. The lowest BCUT2D eigenvalue weighted by atomic mass is 10.1. The lowest BCUT2D eigenvalue weighted by Gasteiger charge is -1.99. The minimum atomic E-state index is -0.897. The number of nitro benzene ring substituents is 1. The van der Waals surface area contributed by atoms with Gasteiger partial charge in [-0.15, -0.1) is 11.3 Å². The second-order valence-corrected chi connectivity index (χ2v) is 5.20. The molecule has 0 saturated carbocycles. The van der Waals surface area contributed by atoms with Gasteiger partial charge in [0.2, 0.25) is 0 Å². The van der Waals surface area contributed by atoms with Crippen LogP contribution in [0.15, 0.2) is 29.6 Å². The number of nitrogens with one attached hydrogen (secondary N) is 1. The maximum absolute atomic E-state index is 10.8. The van der Waals surface area contributed by atoms with E-state index in [2.05, 4.69) is 10.3 Å². The van der Waals surface area contributed by atoms with E-state index in [0.29, 0.717) is 24.2 Å². The summed E-state index contributed by atoms with van der Waals surface area (Å²) in [6.07, 6.45) is 0.618. The van der Waals surface area contributed by atoms with E-state index in [9.17, 15) is 14.9 Å². The Labute approximate surface area is 124 Å². The minimum absolute atomic E-state index is 0.0326. The number of aromatic nitrogens is 1. The van der Waals surface area contributed by atoms with Gasteiger partial charge in [0.15, 0.2) is 0 Å². The molecule has 2 N–H and O–H groups in total. The Bertz CT molecular complexity index is 656. The quantitative estimate of drug-likeness (QED) is 0.460. The Kier molecular flexibility index (Phi) is 4.96. The van der Waals surface area contributed by atoms with Crippen molar-refractivity contribution in [2.75, 3.05) is 13.1 Å². The Morgan fingerprint density at radius 2 is 2.29 bits per heavy atom. The lowest BCUT2D eigenvalue weighted by Crippen LogP contribution is -2.24. The third kappa shape index (κ3) is 4.33. The summed E-state index contributed by atoms with van der Waals surface area (Å²) in [6.45, 7) is 0.442. The first-order valence-electron chi connectivity index (χ1n) is 6.18. The number of thiazole rings is 1. The van der Waals surface area contributed by atoms with E-state index in [4.69, 9.17) is 5.11 Å². The molecule has 0 atom stereocenters. The number of carbonyl (C=O) groups is 1. The second-order valence-electron chi connectivity index (χ2n) is 4.25. The highest BCUT2D eigenvalue weighted by Gasteiger charge is 2.10. The number of nitrogens with zero attached hydrogens (tertiary/aromatic N) is 2. The molecule has 0 bridgehead atoms. The molecule has 1 aromatic carbocycles. The number of nitro groups is 1. The van der Waals surface area contributed by atoms with Gasteiger partial charge in [-0.2, -0.15) is 0 Å². The van der Waals surface area contributed by atoms with E-state index in [0.717, 1.165) is 5.01 Å². The number of rotatable bonds is 7. The first-order chi connectivity index (χ1) is 10.1. The highest BCUT2D eigenvalue weighted by Crippen LogP contribution is 2.25. The van der Waals surface area contributed by atoms with Crippen molar-refractivity contribution in [3.63, 3.8) is 0 Å². The second kappa shape index (κ2) is 6.91. The molecule has 8 heteroatoms. The van der Waals surface area contributed by atoms with Crippen LogP contribution in [0.2, 0.25) is 0 Å². The molecule has 0 aliphatic rings. The maximum atomic E-state index is 10.8. The Hall–Kier alpha value is -2.32. The monoisotopic (exact) mass is 307 g/mol. The van der Waals surface area contributed by atoms with Crippen molar-refractivity contribution < 1.29 is 14.8 Å². The molecule has 0 radical (unpaired) electrons. The van der Waals surface area contributed by atoms with E-state index in [1.54, 1.807) is 12.1 Å². The van der Waals surface area contributed by atoms with Crippen molar-refractivity contribution in [1.82, 2.24) is 10.3 Å². The molecule has 1 heterocycles. The van der Waals surface area contributed by atoms with Gasteiger partial charge in [0.25, 0.3) is 5.69 Å². The molecule has 0 aliphatic heterocycles. The van der Waals surface area contributed by atoms with E-state index in [1.165, 1.54) is 23.5 Å². The normalized spacial score (nSPS) is 10.5. The van der Waals surface area contributed by atoms with Gasteiger partial charge in [0.1, 0.15) is 0 Å². The molecule has 1 aromatic heterocycles. The highest BCUT2D eigenvalue weighted by molar-refractivity contribution is 7.09. The van der Waals surface area contributed by atoms with Gasteiger partial charge in [-0.1, -0.05) is 12.1 Å². The summed E-state index contributed by atoms with van der Waals surface area (Å²) in [5.74, 6) is -0.897. The van der Waals surface area contributed by atoms with E-state index < -0.39 is 10.9 Å². The summed E-state index contributed by atoms with van der Waals surface area (Å²) < 4.78 is 0. The smallest absolute Gasteiger partial charge is 0.317 e. The van der Waals surface area contributed by atoms with Crippen LogP contribution in [0.1, 0.15) is 5.01 Å². The molecule has 0 amide bonds. The van der Waals surface area contributed by atoms with Crippen molar-refractivity contribution in [2.24, 2.45) is 0 Å². The fourth-order valence-electron chi connectivity index (χ4n) is 1.73. The van der Waals surface area contributed by atoms with Crippen LogP contribution in [-0.4, -0.2) is 34.1 Å². The molecule has 0 saturated heterocycles. The zero-order chi connectivity index (χ0) is 15.2. The molecule has 7 nitrogen and oxygen atoms in total. The molecule has 0 unspecified atom stereocenters. The molecule has 0 aliphatic carbocycles. The van der Waals surface area contributed by atoms with Crippen LogP contribution in [-0.2, 0) is 11.2 Å². The number of benzene rings is 1. The van der Waals surface area contributed by atoms with Gasteiger partial charge in [-0.3, -0.25) is 14.9 Å². The van der Waals surface area contributed by atoms with E-state index >= 15 is 0 Å². The zero-order valence-corrected chi connectivity index (χ0v) is 11.8. The van der Waals surface area contributed by atoms with Crippen LogP contribution in [0, 0.1) is 10.1 Å². The first-order valence-corrected chi connectivity index (χ1v) is 7.06. The average Bonchev–Trinajstić information content (AvgIpc) is 2.92. The Balaban J connectivity index is 2.01. The van der Waals surface area contributed by atoms with Gasteiger partial charge in [-0.25, -0.2) is 4.98 Å². The third-order valence-corrected chi connectivity index (χ3v) is 3.60. The molecular weight excluding hydrogens is 294 g/mol. The van der Waals surface area contributed by atoms with Gasteiger partial charge >= 0.3 is 5.97 Å². The van der Waals surface area contributed by atoms with Gasteiger partial charge in [0, 0.05) is 36.0 Å². The van der Waals surface area contributed by atoms with Crippen molar-refractivity contribution in [3.8, 4) is 11.3 Å². The summed E-state index contributed by atoms with van der Waals surface area (Å²) in [4.78, 5) is 25.1. The SMILES string of the molecule is O=C(O)CNCCc1nc(-c2cccc([N+](=O)[O-])c2)cs1. The fourth-order valence-corrected chi connectivity index (χ4v) is 2.54. The summed E-state index contributed by atoms with van der Waals surface area (Å²) >= 11 is 1.45. The summed E-state index contributed by atoms with van der Waals surface area (Å²) in [5, 5.41) is 24.7. The summed E-state index contributed by atoms with van der Waals surface area (Å²) in [6, 6.07) is 6.32. The highest BCUT2D eigenvalue weighted by atomic mass is 32.1. The molecule has 21 heavy (non-hydrogen) atoms. The van der Waals surface area contributed by atoms with Crippen molar-refractivity contribution in [3.05, 3.63) is 44.8 Å². The van der Waals surface area contributed by atoms with Crippen molar-refractivity contribution in [1.29, 1.82) is 0 Å².